The number of aliphatic imine (C=N–C) groups is 1. The molecule has 7 heterocycles. The summed E-state index contributed by atoms with van der Waals surface area (Å²) in [6.45, 7) is 4.61. The molecule has 2 fully saturated rings. The lowest BCUT2D eigenvalue weighted by atomic mass is 10.1. The molecule has 18 nitrogen and oxygen atoms in total. The lowest BCUT2D eigenvalue weighted by Gasteiger charge is -2.25. The predicted octanol–water partition coefficient (Wildman–Crippen LogP) is 12.7. The zero-order chi connectivity index (χ0) is 57.9. The fraction of sp³-hybridized carbons (Fsp3) is 0.226. The van der Waals surface area contributed by atoms with Crippen molar-refractivity contribution in [1.82, 2.24) is 39.3 Å². The first-order valence-corrected chi connectivity index (χ1v) is 27.5. The molecule has 0 saturated carbocycles. The van der Waals surface area contributed by atoms with E-state index in [9.17, 15) is 18.4 Å². The Kier molecular flexibility index (Phi) is 20.1. The minimum absolute atomic E-state index is 0.0563. The molecule has 0 aliphatic carbocycles. The zero-order valence-corrected chi connectivity index (χ0v) is 46.7. The highest BCUT2D eigenvalue weighted by molar-refractivity contribution is 7.78. The van der Waals surface area contributed by atoms with Crippen LogP contribution in [0.1, 0.15) is 38.5 Å². The van der Waals surface area contributed by atoms with E-state index in [0.717, 1.165) is 85.3 Å². The standard InChI is InChI=1S/C31H30FN7O2.C19H25N5O2.C12H7FN2S/c1-38-28-8-6-23(41-24-11-14-34-29(19-24)37-30(40)20-39-15-3-2-4-16-39)18-27(28)36-31(38)35-26-17-22(5-7-25(26)32)21-9-12-33-13-10-21;1-21-17-6-5-14(11-16(17)20)26-15-7-8-22-18(12-15)23-19(25)13-24-9-3-2-4-10-24;13-11-2-1-10(7-12(11)15-8-16)9-3-5-14-6-4-9/h5-14,17-19H,2-4,15-16,20H2,1H3,(H,35,36)(H,34,37,40);5-8,11-12,21H,2-4,9-10,13,20H2,1H3,(H,22,23,25);1-7H. The van der Waals surface area contributed by atoms with Gasteiger partial charge >= 0.3 is 0 Å². The molecule has 2 saturated heterocycles. The fourth-order valence-electron chi connectivity index (χ4n) is 9.39. The van der Waals surface area contributed by atoms with Gasteiger partial charge in [-0.3, -0.25) is 29.4 Å². The van der Waals surface area contributed by atoms with Crippen LogP contribution in [-0.2, 0) is 16.6 Å². The molecule has 4 aromatic carbocycles. The number of piperidine rings is 2. The Morgan fingerprint density at radius 2 is 1.12 bits per heavy atom. The molecule has 0 bridgehead atoms. The Bertz CT molecular complexity index is 3710. The number of aryl methyl sites for hydroxylation is 1. The maximum Gasteiger partial charge on any atom is 0.239 e. The first-order valence-electron chi connectivity index (χ1n) is 27.1. The molecule has 0 radical (unpaired) electrons. The predicted molar refractivity (Wildman–Crippen MR) is 325 cm³/mol. The van der Waals surface area contributed by atoms with E-state index < -0.39 is 5.82 Å². The van der Waals surface area contributed by atoms with Crippen molar-refractivity contribution in [3.8, 4) is 45.3 Å². The Labute approximate surface area is 484 Å². The summed E-state index contributed by atoms with van der Waals surface area (Å²) in [5.41, 5.74) is 13.1. The number of ether oxygens (including phenoxy) is 2. The number of hydrogen-bond acceptors (Lipinski definition) is 16. The molecule has 5 aromatic heterocycles. The summed E-state index contributed by atoms with van der Waals surface area (Å²) in [5.74, 6) is 2.80. The largest absolute Gasteiger partial charge is 0.457 e. The molecule has 424 valence electrons. The van der Waals surface area contributed by atoms with E-state index in [1.165, 1.54) is 25.0 Å². The molecule has 0 spiro atoms. The number of pyridine rings is 4. The number of benzene rings is 4. The van der Waals surface area contributed by atoms with Gasteiger partial charge in [0, 0.05) is 75.5 Å². The summed E-state index contributed by atoms with van der Waals surface area (Å²) in [7, 11) is 3.68. The summed E-state index contributed by atoms with van der Waals surface area (Å²) in [5, 5.41) is 14.0. The molecule has 9 aromatic rings. The molecule has 2 amide bonds. The molecule has 0 atom stereocenters. The number of carbonyl (C=O) groups excluding carboxylic acids is 2. The van der Waals surface area contributed by atoms with E-state index in [1.54, 1.807) is 91.8 Å². The van der Waals surface area contributed by atoms with Crippen LogP contribution in [0, 0.1) is 11.6 Å². The Morgan fingerprint density at radius 1 is 0.602 bits per heavy atom. The van der Waals surface area contributed by atoms with Gasteiger partial charge in [-0.25, -0.2) is 23.7 Å². The first-order chi connectivity index (χ1) is 40.5. The zero-order valence-electron chi connectivity index (χ0n) is 45.9. The minimum atomic E-state index is -0.407. The number of amides is 2. The van der Waals surface area contributed by atoms with Crippen LogP contribution in [0.5, 0.6) is 23.0 Å². The molecule has 21 heteroatoms. The number of fused-ring (bicyclic) bond motifs is 1. The molecule has 11 rings (SSSR count). The van der Waals surface area contributed by atoms with Gasteiger partial charge < -0.3 is 41.0 Å². The maximum absolute atomic E-state index is 14.7. The van der Waals surface area contributed by atoms with Gasteiger partial charge in [0.25, 0.3) is 0 Å². The van der Waals surface area contributed by atoms with Crippen molar-refractivity contribution >= 4 is 80.6 Å². The van der Waals surface area contributed by atoms with Gasteiger partial charge in [-0.2, -0.15) is 4.99 Å². The number of hydrogen-bond donors (Lipinski definition) is 5. The van der Waals surface area contributed by atoms with Gasteiger partial charge in [0.1, 0.15) is 52.0 Å². The summed E-state index contributed by atoms with van der Waals surface area (Å²) in [4.78, 5) is 53.8. The van der Waals surface area contributed by atoms with Crippen LogP contribution in [0.15, 0.2) is 164 Å². The van der Waals surface area contributed by atoms with E-state index in [0.29, 0.717) is 70.6 Å². The van der Waals surface area contributed by atoms with Gasteiger partial charge in [-0.15, -0.1) is 0 Å². The highest BCUT2D eigenvalue weighted by atomic mass is 32.1. The number of nitrogens with one attached hydrogen (secondary N) is 4. The molecule has 6 N–H and O–H groups in total. The quantitative estimate of drug-likeness (QED) is 0.0346. The molecule has 2 aliphatic rings. The molecule has 83 heavy (non-hydrogen) atoms. The van der Waals surface area contributed by atoms with Crippen LogP contribution in [0.4, 0.5) is 49.1 Å². The van der Waals surface area contributed by atoms with E-state index in [-0.39, 0.29) is 23.3 Å². The normalized spacial score (nSPS) is 13.2. The second-order valence-corrected chi connectivity index (χ2v) is 19.7. The summed E-state index contributed by atoms with van der Waals surface area (Å²) in [6.07, 6.45) is 17.0. The smallest absolute Gasteiger partial charge is 0.239 e. The highest BCUT2D eigenvalue weighted by Crippen LogP contribution is 2.33. The van der Waals surface area contributed by atoms with E-state index in [2.05, 4.69) is 78.4 Å². The average molecular weight is 1140 g/mol. The number of anilines is 6. The van der Waals surface area contributed by atoms with Crippen molar-refractivity contribution in [3.05, 3.63) is 170 Å². The van der Waals surface area contributed by atoms with Crippen LogP contribution in [-0.4, -0.2) is 103 Å². The van der Waals surface area contributed by atoms with Crippen LogP contribution in [0.2, 0.25) is 0 Å². The maximum atomic E-state index is 14.7. The monoisotopic (exact) mass is 1140 g/mol. The number of nitrogens with zero attached hydrogens (tertiary/aromatic N) is 9. The van der Waals surface area contributed by atoms with Gasteiger partial charge in [0.15, 0.2) is 0 Å². The van der Waals surface area contributed by atoms with Crippen molar-refractivity contribution in [2.24, 2.45) is 12.0 Å². The van der Waals surface area contributed by atoms with Crippen LogP contribution < -0.4 is 36.5 Å². The number of aromatic nitrogens is 6. The lowest BCUT2D eigenvalue weighted by Crippen LogP contribution is -2.36. The molecular weight excluding hydrogens is 1070 g/mol. The van der Waals surface area contributed by atoms with Crippen LogP contribution in [0.3, 0.4) is 0 Å². The topological polar surface area (TPSA) is 215 Å². The number of halogens is 2. The Hall–Kier alpha value is -9.53. The number of isothiocyanates is 1. The van der Waals surface area contributed by atoms with Crippen molar-refractivity contribution in [1.29, 1.82) is 0 Å². The number of likely N-dealkylation sites (tertiary alicyclic amines) is 2. The second-order valence-electron chi connectivity index (χ2n) is 19.5. The third-order valence-electron chi connectivity index (χ3n) is 13.6. The average Bonchev–Trinajstić information content (AvgIpc) is 3.89. The Morgan fingerprint density at radius 3 is 1.66 bits per heavy atom. The summed E-state index contributed by atoms with van der Waals surface area (Å²) >= 11 is 4.46. The van der Waals surface area contributed by atoms with Gasteiger partial charge in [-0.05, 0) is 171 Å². The van der Waals surface area contributed by atoms with Gasteiger partial charge in [0.2, 0.25) is 17.8 Å². The Balaban J connectivity index is 0.000000167. The van der Waals surface area contributed by atoms with Crippen molar-refractivity contribution in [2.45, 2.75) is 38.5 Å². The molecular formula is C62H62F2N14O4S. The number of nitrogen functional groups attached to an aromatic ring is 1. The minimum Gasteiger partial charge on any atom is -0.457 e. The third-order valence-corrected chi connectivity index (χ3v) is 13.7. The van der Waals surface area contributed by atoms with Crippen molar-refractivity contribution in [3.63, 3.8) is 0 Å². The number of carbonyl (C=O) groups is 2. The highest BCUT2D eigenvalue weighted by Gasteiger charge is 2.18. The number of nitrogens with two attached hydrogens (primary N) is 1. The third kappa shape index (κ3) is 16.5. The van der Waals surface area contributed by atoms with Crippen LogP contribution >= 0.6 is 12.2 Å². The SMILES string of the molecule is CNc1ccc(Oc2ccnc(NC(=O)CN3CCCCC3)c2)cc1N.Cn1c(Nc2cc(-c3ccncc3)ccc2F)nc2cc(Oc3ccnc(NC(=O)CN4CCCCC4)c3)ccc21.Fc1ccc(-c2ccncc2)cc1N=C=S. The summed E-state index contributed by atoms with van der Waals surface area (Å²) in [6, 6.07) is 34.9. The molecule has 0 unspecified atom stereocenters. The number of rotatable bonds is 16. The molecule has 2 aliphatic heterocycles. The van der Waals surface area contributed by atoms with Gasteiger partial charge in [0.05, 0.1) is 46.3 Å². The van der Waals surface area contributed by atoms with E-state index in [4.69, 9.17) is 15.2 Å². The van der Waals surface area contributed by atoms with Crippen LogP contribution in [0.25, 0.3) is 33.3 Å². The fourth-order valence-corrected chi connectivity index (χ4v) is 9.49. The number of thiocarbonyl (C=S) groups is 1. The lowest BCUT2D eigenvalue weighted by molar-refractivity contribution is -0.118. The first kappa shape index (κ1) is 58.1. The van der Waals surface area contributed by atoms with Crippen molar-refractivity contribution in [2.75, 3.05) is 73.3 Å². The number of imidazole rings is 1. The van der Waals surface area contributed by atoms with E-state index >= 15 is 0 Å². The second kappa shape index (κ2) is 28.8. The summed E-state index contributed by atoms with van der Waals surface area (Å²) < 4.78 is 41.8. The van der Waals surface area contributed by atoms with Crippen molar-refractivity contribution < 1.29 is 27.8 Å². The van der Waals surface area contributed by atoms with Gasteiger partial charge in [-0.1, -0.05) is 25.0 Å². The van der Waals surface area contributed by atoms with E-state index in [1.807, 2.05) is 73.3 Å².